The summed E-state index contributed by atoms with van der Waals surface area (Å²) in [5, 5.41) is 4.15. The van der Waals surface area contributed by atoms with Gasteiger partial charge in [0, 0.05) is 31.7 Å². The van der Waals surface area contributed by atoms with Crippen LogP contribution in [-0.4, -0.2) is 32.8 Å². The van der Waals surface area contributed by atoms with Crippen molar-refractivity contribution in [3.63, 3.8) is 0 Å². The number of methoxy groups -OCH3 is 1. The molecule has 1 N–H and O–H groups in total. The molecule has 88 valence electrons. The van der Waals surface area contributed by atoms with Gasteiger partial charge in [-0.3, -0.25) is 0 Å². The molecule has 1 fully saturated rings. The highest BCUT2D eigenvalue weighted by Crippen LogP contribution is 2.31. The number of piperazine rings is 1. The molecule has 0 aromatic heterocycles. The average molecular weight is 241 g/mol. The molecule has 1 atom stereocenters. The Morgan fingerprint density at radius 3 is 3.00 bits per heavy atom. The molecule has 16 heavy (non-hydrogen) atoms. The van der Waals surface area contributed by atoms with Crippen LogP contribution in [0.5, 0.6) is 5.75 Å². The van der Waals surface area contributed by atoms with Crippen molar-refractivity contribution in [1.82, 2.24) is 5.32 Å². The van der Waals surface area contributed by atoms with Crippen molar-refractivity contribution in [3.05, 3.63) is 23.2 Å². The zero-order valence-corrected chi connectivity index (χ0v) is 10.4. The lowest BCUT2D eigenvalue weighted by atomic mass is 10.1. The van der Waals surface area contributed by atoms with Crippen molar-refractivity contribution in [1.29, 1.82) is 0 Å². The van der Waals surface area contributed by atoms with E-state index in [9.17, 15) is 0 Å². The molecule has 1 aliphatic heterocycles. The fourth-order valence-corrected chi connectivity index (χ4v) is 2.26. The predicted molar refractivity (Wildman–Crippen MR) is 67.7 cm³/mol. The minimum absolute atomic E-state index is 0.457. The topological polar surface area (TPSA) is 24.5 Å². The molecule has 4 heteroatoms. The number of rotatable bonds is 2. The zero-order chi connectivity index (χ0) is 11.5. The van der Waals surface area contributed by atoms with Gasteiger partial charge in [-0.1, -0.05) is 11.6 Å². The third-order valence-electron chi connectivity index (χ3n) is 2.96. The molecule has 0 aliphatic carbocycles. The number of anilines is 1. The van der Waals surface area contributed by atoms with Crippen LogP contribution in [0.25, 0.3) is 0 Å². The van der Waals surface area contributed by atoms with Gasteiger partial charge >= 0.3 is 0 Å². The monoisotopic (exact) mass is 240 g/mol. The van der Waals surface area contributed by atoms with Crippen LogP contribution >= 0.6 is 11.6 Å². The van der Waals surface area contributed by atoms with Gasteiger partial charge in [0.1, 0.15) is 5.75 Å². The summed E-state index contributed by atoms with van der Waals surface area (Å²) in [5.74, 6) is 0.852. The van der Waals surface area contributed by atoms with Gasteiger partial charge in [-0.2, -0.15) is 0 Å². The summed E-state index contributed by atoms with van der Waals surface area (Å²) in [6.45, 7) is 5.17. The Hall–Kier alpha value is -0.930. The van der Waals surface area contributed by atoms with Crippen molar-refractivity contribution in [2.75, 3.05) is 31.6 Å². The molecule has 0 radical (unpaired) electrons. The molecular weight excluding hydrogens is 224 g/mol. The Morgan fingerprint density at radius 1 is 1.50 bits per heavy atom. The van der Waals surface area contributed by atoms with Crippen LogP contribution in [-0.2, 0) is 0 Å². The summed E-state index contributed by atoms with van der Waals surface area (Å²) in [4.78, 5) is 2.32. The fourth-order valence-electron chi connectivity index (χ4n) is 2.04. The lowest BCUT2D eigenvalue weighted by Crippen LogP contribution is -2.50. The number of ether oxygens (including phenoxy) is 1. The number of halogens is 1. The van der Waals surface area contributed by atoms with E-state index in [1.54, 1.807) is 7.11 Å². The van der Waals surface area contributed by atoms with Crippen LogP contribution in [0.3, 0.4) is 0 Å². The second-order valence-corrected chi connectivity index (χ2v) is 4.47. The lowest BCUT2D eigenvalue weighted by molar-refractivity contribution is 0.414. The van der Waals surface area contributed by atoms with Crippen LogP contribution in [0.4, 0.5) is 5.69 Å². The molecule has 1 unspecified atom stereocenters. The number of hydrogen-bond donors (Lipinski definition) is 1. The molecule has 1 aliphatic rings. The lowest BCUT2D eigenvalue weighted by Gasteiger charge is -2.36. The fraction of sp³-hybridized carbons (Fsp3) is 0.500. The summed E-state index contributed by atoms with van der Waals surface area (Å²) in [7, 11) is 1.67. The van der Waals surface area contributed by atoms with Crippen LogP contribution in [0, 0.1) is 0 Å². The van der Waals surface area contributed by atoms with Gasteiger partial charge in [0.05, 0.1) is 17.8 Å². The summed E-state index contributed by atoms with van der Waals surface area (Å²) >= 11 is 6.23. The Kier molecular flexibility index (Phi) is 3.56. The zero-order valence-electron chi connectivity index (χ0n) is 9.66. The first-order valence-electron chi connectivity index (χ1n) is 5.53. The Labute approximate surface area is 101 Å². The van der Waals surface area contributed by atoms with E-state index in [0.717, 1.165) is 36.1 Å². The third-order valence-corrected chi connectivity index (χ3v) is 3.28. The van der Waals surface area contributed by atoms with E-state index in [4.69, 9.17) is 16.3 Å². The molecule has 0 amide bonds. The summed E-state index contributed by atoms with van der Waals surface area (Å²) in [6.07, 6.45) is 0. The van der Waals surface area contributed by atoms with Gasteiger partial charge in [-0.25, -0.2) is 0 Å². The van der Waals surface area contributed by atoms with Gasteiger partial charge in [0.15, 0.2) is 0 Å². The van der Waals surface area contributed by atoms with Crippen LogP contribution in [0.2, 0.25) is 5.02 Å². The summed E-state index contributed by atoms with van der Waals surface area (Å²) in [6, 6.07) is 6.24. The standard InChI is InChI=1S/C12H17ClN2O/c1-9-8-14-5-6-15(9)12-7-10(16-2)3-4-11(12)13/h3-4,7,9,14H,5-6,8H2,1-2H3. The van der Waals surface area contributed by atoms with Crippen LogP contribution < -0.4 is 15.0 Å². The number of nitrogens with one attached hydrogen (secondary N) is 1. The van der Waals surface area contributed by atoms with Gasteiger partial charge in [-0.05, 0) is 19.1 Å². The van der Waals surface area contributed by atoms with Crippen molar-refractivity contribution in [2.24, 2.45) is 0 Å². The van der Waals surface area contributed by atoms with E-state index in [1.807, 2.05) is 18.2 Å². The van der Waals surface area contributed by atoms with E-state index >= 15 is 0 Å². The Bertz CT molecular complexity index is 370. The Morgan fingerprint density at radius 2 is 2.31 bits per heavy atom. The van der Waals surface area contributed by atoms with Gasteiger partial charge in [-0.15, -0.1) is 0 Å². The molecule has 1 aromatic carbocycles. The number of benzene rings is 1. The first-order valence-corrected chi connectivity index (χ1v) is 5.91. The van der Waals surface area contributed by atoms with Crippen molar-refractivity contribution in [2.45, 2.75) is 13.0 Å². The second kappa shape index (κ2) is 4.93. The minimum Gasteiger partial charge on any atom is -0.497 e. The average Bonchev–Trinajstić information content (AvgIpc) is 2.31. The van der Waals surface area contributed by atoms with E-state index in [-0.39, 0.29) is 0 Å². The first-order chi connectivity index (χ1) is 7.72. The maximum atomic E-state index is 6.23. The van der Waals surface area contributed by atoms with Gasteiger partial charge < -0.3 is 15.0 Å². The smallest absolute Gasteiger partial charge is 0.121 e. The largest absolute Gasteiger partial charge is 0.497 e. The molecule has 3 nitrogen and oxygen atoms in total. The summed E-state index contributed by atoms with van der Waals surface area (Å²) in [5.41, 5.74) is 1.06. The molecule has 0 bridgehead atoms. The molecule has 1 aromatic rings. The number of nitrogens with zero attached hydrogens (tertiary/aromatic N) is 1. The van der Waals surface area contributed by atoms with E-state index in [2.05, 4.69) is 17.1 Å². The van der Waals surface area contributed by atoms with Crippen molar-refractivity contribution >= 4 is 17.3 Å². The molecule has 2 rings (SSSR count). The van der Waals surface area contributed by atoms with Crippen molar-refractivity contribution < 1.29 is 4.74 Å². The van der Waals surface area contributed by atoms with Crippen molar-refractivity contribution in [3.8, 4) is 5.75 Å². The van der Waals surface area contributed by atoms with Crippen LogP contribution in [0.1, 0.15) is 6.92 Å². The highest BCUT2D eigenvalue weighted by molar-refractivity contribution is 6.33. The van der Waals surface area contributed by atoms with E-state index in [1.165, 1.54) is 0 Å². The first kappa shape index (κ1) is 11.6. The molecular formula is C12H17ClN2O. The number of hydrogen-bond acceptors (Lipinski definition) is 3. The minimum atomic E-state index is 0.457. The quantitative estimate of drug-likeness (QED) is 0.857. The van der Waals surface area contributed by atoms with Gasteiger partial charge in [0.2, 0.25) is 0 Å². The van der Waals surface area contributed by atoms with Crippen LogP contribution in [0.15, 0.2) is 18.2 Å². The molecule has 1 heterocycles. The molecule has 0 saturated carbocycles. The maximum Gasteiger partial charge on any atom is 0.121 e. The predicted octanol–water partition coefficient (Wildman–Crippen LogP) is 2.15. The molecule has 0 spiro atoms. The summed E-state index contributed by atoms with van der Waals surface area (Å²) < 4.78 is 5.23. The highest BCUT2D eigenvalue weighted by atomic mass is 35.5. The third kappa shape index (κ3) is 2.25. The van der Waals surface area contributed by atoms with E-state index < -0.39 is 0 Å². The second-order valence-electron chi connectivity index (χ2n) is 4.06. The van der Waals surface area contributed by atoms with E-state index in [0.29, 0.717) is 6.04 Å². The Balaban J connectivity index is 2.30. The maximum absolute atomic E-state index is 6.23. The molecule has 1 saturated heterocycles. The highest BCUT2D eigenvalue weighted by Gasteiger charge is 2.20. The normalized spacial score (nSPS) is 20.9. The SMILES string of the molecule is COc1ccc(Cl)c(N2CCNCC2C)c1. The van der Waals surface area contributed by atoms with Gasteiger partial charge in [0.25, 0.3) is 0 Å².